The minimum Gasteiger partial charge on any atom is -0.512 e. The number of aryl methyl sites for hydroxylation is 1. The molecule has 2 aromatic rings. The molecule has 4 N–H and O–H groups in total. The Morgan fingerprint density at radius 2 is 1.91 bits per heavy atom. The molecule has 120 valence electrons. The van der Waals surface area contributed by atoms with Gasteiger partial charge in [0.05, 0.1) is 11.3 Å². The van der Waals surface area contributed by atoms with E-state index in [1.807, 2.05) is 19.9 Å². The summed E-state index contributed by atoms with van der Waals surface area (Å²) in [6.45, 7) is 5.56. The van der Waals surface area contributed by atoms with Crippen molar-refractivity contribution in [3.63, 3.8) is 0 Å². The number of anilines is 2. The Balaban J connectivity index is 2.12. The number of hydrogen-bond donors (Lipinski definition) is 3. The quantitative estimate of drug-likeness (QED) is 0.790. The van der Waals surface area contributed by atoms with Gasteiger partial charge in [-0.3, -0.25) is 0 Å². The number of nitrogens with two attached hydrogens (primary N) is 1. The van der Waals surface area contributed by atoms with Gasteiger partial charge in [-0.2, -0.15) is 0 Å². The van der Waals surface area contributed by atoms with Crippen molar-refractivity contribution in [1.82, 2.24) is 10.2 Å². The van der Waals surface area contributed by atoms with E-state index in [1.54, 1.807) is 6.92 Å². The SMILES string of the molecule is CC(C)=c1c(N)nnc(NC2CCc3ccccc32)/c1=C(/C)O. The standard InChI is InChI=1S/C18H22N4O/c1-10(2)15-16(11(3)23)18(22-21-17(15)19)20-14-9-8-12-6-4-5-7-13(12)14/h4-7,14,23H,8-9H2,1-3H3,(H2,19,21)(H,20,22)/b16-11-. The molecule has 1 aliphatic rings. The van der Waals surface area contributed by atoms with E-state index in [2.05, 4.69) is 33.7 Å². The molecule has 0 saturated carbocycles. The molecule has 1 unspecified atom stereocenters. The van der Waals surface area contributed by atoms with Crippen LogP contribution in [0.2, 0.25) is 0 Å². The van der Waals surface area contributed by atoms with Crippen LogP contribution in [-0.4, -0.2) is 15.3 Å². The van der Waals surface area contributed by atoms with Crippen LogP contribution >= 0.6 is 0 Å². The summed E-state index contributed by atoms with van der Waals surface area (Å²) in [5, 5.41) is 23.3. The molecule has 1 heterocycles. The van der Waals surface area contributed by atoms with Crippen molar-refractivity contribution in [2.75, 3.05) is 11.1 Å². The van der Waals surface area contributed by atoms with Crippen LogP contribution in [0.4, 0.5) is 11.6 Å². The predicted molar refractivity (Wildman–Crippen MR) is 93.3 cm³/mol. The van der Waals surface area contributed by atoms with Crippen molar-refractivity contribution >= 4 is 23.0 Å². The van der Waals surface area contributed by atoms with Crippen molar-refractivity contribution in [3.8, 4) is 0 Å². The summed E-state index contributed by atoms with van der Waals surface area (Å²) in [4.78, 5) is 0. The lowest BCUT2D eigenvalue weighted by Crippen LogP contribution is -2.36. The Bertz CT molecular complexity index is 865. The molecule has 0 radical (unpaired) electrons. The Hall–Kier alpha value is -2.56. The molecule has 1 aromatic carbocycles. The van der Waals surface area contributed by atoms with E-state index in [-0.39, 0.29) is 11.8 Å². The Labute approximate surface area is 135 Å². The molecule has 0 spiro atoms. The number of aliphatic hydroxyl groups is 1. The Morgan fingerprint density at radius 3 is 2.61 bits per heavy atom. The van der Waals surface area contributed by atoms with Crippen LogP contribution in [0.5, 0.6) is 0 Å². The number of fused-ring (bicyclic) bond motifs is 1. The molecule has 0 saturated heterocycles. The van der Waals surface area contributed by atoms with Gasteiger partial charge < -0.3 is 16.2 Å². The smallest absolute Gasteiger partial charge is 0.160 e. The van der Waals surface area contributed by atoms with E-state index >= 15 is 0 Å². The molecule has 0 bridgehead atoms. The fourth-order valence-electron chi connectivity index (χ4n) is 3.28. The van der Waals surface area contributed by atoms with Crippen LogP contribution in [0, 0.1) is 0 Å². The highest BCUT2D eigenvalue weighted by Gasteiger charge is 2.23. The van der Waals surface area contributed by atoms with Crippen LogP contribution in [0.25, 0.3) is 11.3 Å². The van der Waals surface area contributed by atoms with Gasteiger partial charge in [0.1, 0.15) is 5.76 Å². The summed E-state index contributed by atoms with van der Waals surface area (Å²) in [7, 11) is 0. The van der Waals surface area contributed by atoms with Crippen LogP contribution in [0.3, 0.4) is 0 Å². The number of aromatic nitrogens is 2. The minimum absolute atomic E-state index is 0.173. The Morgan fingerprint density at radius 1 is 1.17 bits per heavy atom. The molecular formula is C18H22N4O. The normalized spacial score (nSPS) is 17.6. The second-order valence-electron chi connectivity index (χ2n) is 6.20. The number of hydrogen-bond acceptors (Lipinski definition) is 5. The zero-order valence-electron chi connectivity index (χ0n) is 13.7. The van der Waals surface area contributed by atoms with Crippen LogP contribution < -0.4 is 21.5 Å². The third kappa shape index (κ3) is 2.74. The molecule has 1 aromatic heterocycles. The van der Waals surface area contributed by atoms with Crippen molar-refractivity contribution in [3.05, 3.63) is 45.8 Å². The summed E-state index contributed by atoms with van der Waals surface area (Å²) < 4.78 is 0. The summed E-state index contributed by atoms with van der Waals surface area (Å²) in [6.07, 6.45) is 2.04. The van der Waals surface area contributed by atoms with E-state index in [1.165, 1.54) is 11.1 Å². The van der Waals surface area contributed by atoms with Gasteiger partial charge in [0, 0.05) is 5.22 Å². The maximum atomic E-state index is 10.2. The van der Waals surface area contributed by atoms with E-state index < -0.39 is 0 Å². The summed E-state index contributed by atoms with van der Waals surface area (Å²) in [5.41, 5.74) is 9.61. The maximum absolute atomic E-state index is 10.2. The molecule has 5 nitrogen and oxygen atoms in total. The van der Waals surface area contributed by atoms with Crippen molar-refractivity contribution in [1.29, 1.82) is 0 Å². The summed E-state index contributed by atoms with van der Waals surface area (Å²) in [6, 6.07) is 8.58. The van der Waals surface area contributed by atoms with Gasteiger partial charge in [-0.05, 0) is 44.7 Å². The zero-order chi connectivity index (χ0) is 16.6. The summed E-state index contributed by atoms with van der Waals surface area (Å²) in [5.74, 6) is 1.11. The first-order chi connectivity index (χ1) is 11.0. The Kier molecular flexibility index (Phi) is 3.94. The van der Waals surface area contributed by atoms with Crippen molar-refractivity contribution < 1.29 is 5.11 Å². The topological polar surface area (TPSA) is 84.1 Å². The largest absolute Gasteiger partial charge is 0.512 e. The third-order valence-corrected chi connectivity index (χ3v) is 4.31. The first-order valence-electron chi connectivity index (χ1n) is 7.83. The van der Waals surface area contributed by atoms with Gasteiger partial charge in [0.15, 0.2) is 11.6 Å². The van der Waals surface area contributed by atoms with Gasteiger partial charge in [-0.25, -0.2) is 0 Å². The summed E-state index contributed by atoms with van der Waals surface area (Å²) >= 11 is 0. The first kappa shape index (κ1) is 15.3. The molecule has 23 heavy (non-hydrogen) atoms. The number of nitrogen functional groups attached to an aromatic ring is 1. The molecule has 0 aliphatic heterocycles. The van der Waals surface area contributed by atoms with Crippen molar-refractivity contribution in [2.24, 2.45) is 0 Å². The number of rotatable bonds is 2. The van der Waals surface area contributed by atoms with Gasteiger partial charge in [-0.15, -0.1) is 10.2 Å². The fraction of sp³-hybridized carbons (Fsp3) is 0.333. The average Bonchev–Trinajstić information content (AvgIpc) is 2.91. The number of nitrogens with one attached hydrogen (secondary N) is 1. The minimum atomic E-state index is 0.173. The van der Waals surface area contributed by atoms with Crippen LogP contribution in [-0.2, 0) is 6.42 Å². The highest BCUT2D eigenvalue weighted by molar-refractivity contribution is 5.57. The highest BCUT2D eigenvalue weighted by Crippen LogP contribution is 2.32. The zero-order valence-corrected chi connectivity index (χ0v) is 13.7. The molecule has 0 fully saturated rings. The van der Waals surface area contributed by atoms with E-state index in [4.69, 9.17) is 5.73 Å². The maximum Gasteiger partial charge on any atom is 0.160 e. The second kappa shape index (κ2) is 5.91. The van der Waals surface area contributed by atoms with Gasteiger partial charge in [0.25, 0.3) is 0 Å². The van der Waals surface area contributed by atoms with Gasteiger partial charge in [0.2, 0.25) is 0 Å². The monoisotopic (exact) mass is 310 g/mol. The lowest BCUT2D eigenvalue weighted by Gasteiger charge is -2.16. The lowest BCUT2D eigenvalue weighted by molar-refractivity contribution is 0.498. The molecular weight excluding hydrogens is 288 g/mol. The third-order valence-electron chi connectivity index (χ3n) is 4.31. The first-order valence-corrected chi connectivity index (χ1v) is 7.83. The number of nitrogens with zero attached hydrogens (tertiary/aromatic N) is 2. The van der Waals surface area contributed by atoms with Gasteiger partial charge in [-0.1, -0.05) is 29.8 Å². The van der Waals surface area contributed by atoms with Crippen LogP contribution in [0.1, 0.15) is 44.4 Å². The van der Waals surface area contributed by atoms with Gasteiger partial charge >= 0.3 is 0 Å². The fourth-order valence-corrected chi connectivity index (χ4v) is 3.28. The van der Waals surface area contributed by atoms with Crippen molar-refractivity contribution in [2.45, 2.75) is 39.7 Å². The lowest BCUT2D eigenvalue weighted by atomic mass is 10.1. The average molecular weight is 310 g/mol. The molecule has 1 aliphatic carbocycles. The molecule has 3 rings (SSSR count). The molecule has 5 heteroatoms. The highest BCUT2D eigenvalue weighted by atomic mass is 16.3. The molecule has 0 amide bonds. The van der Waals surface area contributed by atoms with E-state index in [9.17, 15) is 5.11 Å². The van der Waals surface area contributed by atoms with Crippen LogP contribution in [0.15, 0.2) is 24.3 Å². The second-order valence-corrected chi connectivity index (χ2v) is 6.20. The van der Waals surface area contributed by atoms with E-state index in [0.717, 1.165) is 23.6 Å². The molecule has 1 atom stereocenters. The number of benzene rings is 1. The number of aliphatic hydroxyl groups excluding tert-OH is 1. The van der Waals surface area contributed by atoms with E-state index in [0.29, 0.717) is 16.9 Å². The predicted octanol–water partition coefficient (Wildman–Crippen LogP) is 2.03.